The molecule has 3 nitrogen and oxygen atoms in total. The van der Waals surface area contributed by atoms with Crippen LogP contribution in [-0.4, -0.2) is 42.3 Å². The van der Waals surface area contributed by atoms with Crippen LogP contribution in [0.4, 0.5) is 5.69 Å². The highest BCUT2D eigenvalue weighted by molar-refractivity contribution is 6.30. The summed E-state index contributed by atoms with van der Waals surface area (Å²) in [5.41, 5.74) is 0.997. The number of piperidine rings is 1. The van der Waals surface area contributed by atoms with Crippen molar-refractivity contribution in [2.45, 2.75) is 25.4 Å². The number of β-amino-alcohol motifs (C(OH)–C–C–N with tert-alkyl or cyclic N) is 1. The van der Waals surface area contributed by atoms with E-state index in [1.54, 1.807) is 0 Å². The molecule has 1 aromatic carbocycles. The van der Waals surface area contributed by atoms with E-state index in [1.165, 1.54) is 19.3 Å². The molecule has 0 amide bonds. The second-order valence-electron chi connectivity index (χ2n) is 4.90. The van der Waals surface area contributed by atoms with Crippen molar-refractivity contribution < 1.29 is 5.11 Å². The molecule has 1 fully saturated rings. The predicted molar refractivity (Wildman–Crippen MR) is 76.2 cm³/mol. The molecular formula is C14H21ClN2O. The monoisotopic (exact) mass is 268 g/mol. The van der Waals surface area contributed by atoms with Gasteiger partial charge in [0.05, 0.1) is 6.10 Å². The fourth-order valence-electron chi connectivity index (χ4n) is 2.31. The van der Waals surface area contributed by atoms with Gasteiger partial charge in [-0.05, 0) is 50.2 Å². The number of hydrogen-bond acceptors (Lipinski definition) is 3. The van der Waals surface area contributed by atoms with Crippen molar-refractivity contribution in [1.82, 2.24) is 4.90 Å². The zero-order chi connectivity index (χ0) is 12.8. The van der Waals surface area contributed by atoms with Crippen molar-refractivity contribution in [3.8, 4) is 0 Å². The van der Waals surface area contributed by atoms with Crippen LogP contribution in [0.15, 0.2) is 24.3 Å². The third kappa shape index (κ3) is 4.48. The lowest BCUT2D eigenvalue weighted by Crippen LogP contribution is -2.39. The van der Waals surface area contributed by atoms with E-state index >= 15 is 0 Å². The normalized spacial score (nSPS) is 18.6. The molecule has 0 bridgehead atoms. The fourth-order valence-corrected chi connectivity index (χ4v) is 2.43. The number of nitrogens with one attached hydrogen (secondary N) is 1. The first-order valence-electron chi connectivity index (χ1n) is 6.64. The number of rotatable bonds is 5. The molecule has 1 atom stereocenters. The Balaban J connectivity index is 1.70. The summed E-state index contributed by atoms with van der Waals surface area (Å²) in [6.45, 7) is 3.59. The summed E-state index contributed by atoms with van der Waals surface area (Å²) < 4.78 is 0. The maximum absolute atomic E-state index is 9.99. The first-order chi connectivity index (χ1) is 8.74. The van der Waals surface area contributed by atoms with Gasteiger partial charge in [-0.25, -0.2) is 0 Å². The number of nitrogens with zero attached hydrogens (tertiary/aromatic N) is 1. The molecule has 18 heavy (non-hydrogen) atoms. The number of aliphatic hydroxyl groups is 1. The van der Waals surface area contributed by atoms with Crippen LogP contribution in [0.25, 0.3) is 0 Å². The molecule has 0 aliphatic carbocycles. The van der Waals surface area contributed by atoms with Gasteiger partial charge in [0.25, 0.3) is 0 Å². The molecule has 0 spiro atoms. The van der Waals surface area contributed by atoms with Crippen molar-refractivity contribution in [2.24, 2.45) is 0 Å². The molecule has 100 valence electrons. The molecule has 0 radical (unpaired) electrons. The molecule has 1 saturated heterocycles. The zero-order valence-corrected chi connectivity index (χ0v) is 11.4. The van der Waals surface area contributed by atoms with Gasteiger partial charge in [-0.2, -0.15) is 0 Å². The Morgan fingerprint density at radius 2 is 1.83 bits per heavy atom. The topological polar surface area (TPSA) is 35.5 Å². The van der Waals surface area contributed by atoms with Crippen LogP contribution in [0.2, 0.25) is 5.02 Å². The van der Waals surface area contributed by atoms with E-state index in [0.717, 1.165) is 30.3 Å². The second-order valence-corrected chi connectivity index (χ2v) is 5.34. The second kappa shape index (κ2) is 6.98. The molecule has 0 unspecified atom stereocenters. The molecule has 2 N–H and O–H groups in total. The van der Waals surface area contributed by atoms with Crippen LogP contribution in [0, 0.1) is 0 Å². The number of likely N-dealkylation sites (tertiary alicyclic amines) is 1. The van der Waals surface area contributed by atoms with Gasteiger partial charge in [-0.3, -0.25) is 0 Å². The Bertz CT molecular complexity index is 349. The highest BCUT2D eigenvalue weighted by atomic mass is 35.5. The van der Waals surface area contributed by atoms with Crippen molar-refractivity contribution in [3.05, 3.63) is 29.3 Å². The van der Waals surface area contributed by atoms with Crippen LogP contribution in [0.3, 0.4) is 0 Å². The van der Waals surface area contributed by atoms with Crippen LogP contribution >= 0.6 is 11.6 Å². The average Bonchev–Trinajstić information content (AvgIpc) is 2.39. The van der Waals surface area contributed by atoms with Crippen molar-refractivity contribution in [2.75, 3.05) is 31.5 Å². The quantitative estimate of drug-likeness (QED) is 0.862. The summed E-state index contributed by atoms with van der Waals surface area (Å²) in [6.07, 6.45) is 3.53. The van der Waals surface area contributed by atoms with E-state index in [4.69, 9.17) is 11.6 Å². The van der Waals surface area contributed by atoms with Crippen LogP contribution in [-0.2, 0) is 0 Å². The molecule has 0 saturated carbocycles. The van der Waals surface area contributed by atoms with Crippen molar-refractivity contribution in [1.29, 1.82) is 0 Å². The van der Waals surface area contributed by atoms with Crippen molar-refractivity contribution >= 4 is 17.3 Å². The minimum absolute atomic E-state index is 0.321. The minimum atomic E-state index is -0.321. The SMILES string of the molecule is O[C@@H](CNc1ccc(Cl)cc1)CN1CCCCC1. The van der Waals surface area contributed by atoms with Gasteiger partial charge >= 0.3 is 0 Å². The lowest BCUT2D eigenvalue weighted by Gasteiger charge is -2.28. The highest BCUT2D eigenvalue weighted by Gasteiger charge is 2.14. The number of hydrogen-bond donors (Lipinski definition) is 2. The highest BCUT2D eigenvalue weighted by Crippen LogP contribution is 2.13. The van der Waals surface area contributed by atoms with E-state index in [1.807, 2.05) is 24.3 Å². The van der Waals surface area contributed by atoms with Gasteiger partial charge in [-0.15, -0.1) is 0 Å². The molecule has 2 rings (SSSR count). The van der Waals surface area contributed by atoms with Crippen LogP contribution in [0.5, 0.6) is 0 Å². The molecule has 4 heteroatoms. The van der Waals surface area contributed by atoms with Crippen LogP contribution < -0.4 is 5.32 Å². The number of anilines is 1. The molecule has 0 aromatic heterocycles. The Labute approximate surface area is 114 Å². The summed E-state index contributed by atoms with van der Waals surface area (Å²) in [5, 5.41) is 13.9. The maximum Gasteiger partial charge on any atom is 0.0839 e. The largest absolute Gasteiger partial charge is 0.390 e. The predicted octanol–water partition coefficient (Wildman–Crippen LogP) is 2.60. The van der Waals surface area contributed by atoms with Crippen molar-refractivity contribution in [3.63, 3.8) is 0 Å². The van der Waals surface area contributed by atoms with Gasteiger partial charge in [0.2, 0.25) is 0 Å². The van der Waals surface area contributed by atoms with E-state index in [0.29, 0.717) is 6.54 Å². The molecule has 1 aliphatic heterocycles. The Morgan fingerprint density at radius 3 is 2.50 bits per heavy atom. The Kier molecular flexibility index (Phi) is 5.29. The van der Waals surface area contributed by atoms with Gasteiger partial charge in [0.15, 0.2) is 0 Å². The van der Waals surface area contributed by atoms with E-state index in [9.17, 15) is 5.11 Å². The van der Waals surface area contributed by atoms with E-state index < -0.39 is 0 Å². The Hall–Kier alpha value is -0.770. The number of benzene rings is 1. The third-order valence-corrected chi connectivity index (χ3v) is 3.56. The first-order valence-corrected chi connectivity index (χ1v) is 7.02. The lowest BCUT2D eigenvalue weighted by atomic mass is 10.1. The molecule has 1 aliphatic rings. The first kappa shape index (κ1) is 13.7. The summed E-state index contributed by atoms with van der Waals surface area (Å²) in [4.78, 5) is 2.34. The Morgan fingerprint density at radius 1 is 1.17 bits per heavy atom. The summed E-state index contributed by atoms with van der Waals surface area (Å²) in [6, 6.07) is 7.55. The standard InChI is InChI=1S/C14H21ClN2O/c15-12-4-6-13(7-5-12)16-10-14(18)11-17-8-2-1-3-9-17/h4-7,14,16,18H,1-3,8-11H2/t14-/m0/s1. The molecule has 1 heterocycles. The lowest BCUT2D eigenvalue weighted by molar-refractivity contribution is 0.110. The third-order valence-electron chi connectivity index (χ3n) is 3.30. The smallest absolute Gasteiger partial charge is 0.0839 e. The maximum atomic E-state index is 9.99. The van der Waals surface area contributed by atoms with Gasteiger partial charge in [0, 0.05) is 23.8 Å². The van der Waals surface area contributed by atoms with Crippen LogP contribution in [0.1, 0.15) is 19.3 Å². The van der Waals surface area contributed by atoms with Gasteiger partial charge in [-0.1, -0.05) is 18.0 Å². The fraction of sp³-hybridized carbons (Fsp3) is 0.571. The van der Waals surface area contributed by atoms with E-state index in [-0.39, 0.29) is 6.10 Å². The zero-order valence-electron chi connectivity index (χ0n) is 10.6. The number of halogens is 1. The average molecular weight is 269 g/mol. The summed E-state index contributed by atoms with van der Waals surface area (Å²) in [7, 11) is 0. The number of aliphatic hydroxyl groups excluding tert-OH is 1. The minimum Gasteiger partial charge on any atom is -0.390 e. The summed E-state index contributed by atoms with van der Waals surface area (Å²) >= 11 is 5.82. The van der Waals surface area contributed by atoms with Gasteiger partial charge in [0.1, 0.15) is 0 Å². The summed E-state index contributed by atoms with van der Waals surface area (Å²) in [5.74, 6) is 0. The molecule has 1 aromatic rings. The van der Waals surface area contributed by atoms with Gasteiger partial charge < -0.3 is 15.3 Å². The van der Waals surface area contributed by atoms with E-state index in [2.05, 4.69) is 10.2 Å². The molecular weight excluding hydrogens is 248 g/mol.